The predicted octanol–water partition coefficient (Wildman–Crippen LogP) is 1.94. The van der Waals surface area contributed by atoms with Gasteiger partial charge in [-0.15, -0.1) is 5.10 Å². The highest BCUT2D eigenvalue weighted by Crippen LogP contribution is 2.19. The van der Waals surface area contributed by atoms with Crippen LogP contribution >= 0.6 is 11.8 Å². The number of rotatable bonds is 6. The van der Waals surface area contributed by atoms with E-state index >= 15 is 0 Å². The van der Waals surface area contributed by atoms with Crippen LogP contribution in [0.25, 0.3) is 0 Å². The molecule has 0 radical (unpaired) electrons. The van der Waals surface area contributed by atoms with Crippen molar-refractivity contribution >= 4 is 29.5 Å². The lowest BCUT2D eigenvalue weighted by atomic mass is 10.3. The number of hydrogen-bond acceptors (Lipinski definition) is 8. The number of hydrogen-bond donors (Lipinski definition) is 2. The van der Waals surface area contributed by atoms with E-state index in [1.807, 2.05) is 6.92 Å². The maximum Gasteiger partial charge on any atom is 0.343 e. The van der Waals surface area contributed by atoms with E-state index in [2.05, 4.69) is 30.5 Å². The average Bonchev–Trinajstić information content (AvgIpc) is 2.87. The molecular formula is C12H16N6O2S. The summed E-state index contributed by atoms with van der Waals surface area (Å²) in [6.07, 6.45) is 1.43. The number of aromatic nitrogens is 5. The van der Waals surface area contributed by atoms with Crippen LogP contribution in [0.4, 0.5) is 11.8 Å². The van der Waals surface area contributed by atoms with Crippen LogP contribution < -0.4 is 5.32 Å². The molecule has 2 aromatic rings. The number of nitrogens with zero attached hydrogens (tertiary/aromatic N) is 4. The van der Waals surface area contributed by atoms with Gasteiger partial charge in [-0.2, -0.15) is 4.98 Å². The van der Waals surface area contributed by atoms with Crippen LogP contribution in [-0.4, -0.2) is 43.5 Å². The summed E-state index contributed by atoms with van der Waals surface area (Å²) >= 11 is 1.51. The van der Waals surface area contributed by atoms with Crippen LogP contribution in [0, 0.1) is 6.92 Å². The minimum Gasteiger partial charge on any atom is -0.462 e. The first-order chi connectivity index (χ1) is 10.1. The van der Waals surface area contributed by atoms with Gasteiger partial charge >= 0.3 is 5.97 Å². The van der Waals surface area contributed by atoms with Crippen LogP contribution in [0.1, 0.15) is 30.0 Å². The quantitative estimate of drug-likeness (QED) is 0.616. The summed E-state index contributed by atoms with van der Waals surface area (Å²) in [7, 11) is 0. The number of nitrogens with one attached hydrogen (secondary N) is 2. The Kier molecular flexibility index (Phi) is 5.09. The Bertz CT molecular complexity index is 630. The number of H-pyrrole nitrogens is 1. The molecular weight excluding hydrogens is 292 g/mol. The molecule has 0 fully saturated rings. The first kappa shape index (κ1) is 15.2. The van der Waals surface area contributed by atoms with Crippen molar-refractivity contribution in [1.29, 1.82) is 0 Å². The Morgan fingerprint density at radius 3 is 2.95 bits per heavy atom. The molecule has 2 N–H and O–H groups in total. The molecule has 0 aliphatic heterocycles. The fraction of sp³-hybridized carbons (Fsp3) is 0.417. The summed E-state index contributed by atoms with van der Waals surface area (Å²) < 4.78 is 4.98. The van der Waals surface area contributed by atoms with Crippen molar-refractivity contribution in [3.05, 3.63) is 17.6 Å². The SMILES string of the molecule is CCOC(=O)c1cnc(C)nc1Nc1nc(SCC)n[nH]1. The van der Waals surface area contributed by atoms with E-state index in [0.717, 1.165) is 5.75 Å². The van der Waals surface area contributed by atoms with Crippen molar-refractivity contribution in [2.75, 3.05) is 17.7 Å². The third-order valence-corrected chi connectivity index (χ3v) is 3.11. The fourth-order valence-electron chi connectivity index (χ4n) is 1.53. The van der Waals surface area contributed by atoms with Gasteiger partial charge in [-0.3, -0.25) is 0 Å². The smallest absolute Gasteiger partial charge is 0.343 e. The van der Waals surface area contributed by atoms with E-state index in [0.29, 0.717) is 22.7 Å². The molecule has 0 atom stereocenters. The molecule has 0 saturated carbocycles. The molecule has 0 unspecified atom stereocenters. The fourth-order valence-corrected chi connectivity index (χ4v) is 2.06. The van der Waals surface area contributed by atoms with Gasteiger partial charge in [0.25, 0.3) is 0 Å². The zero-order valence-corrected chi connectivity index (χ0v) is 12.8. The standard InChI is InChI=1S/C12H16N6O2S/c1-4-20-10(19)8-6-13-7(3)14-9(8)15-11-16-12(18-17-11)21-5-2/h6H,4-5H2,1-3H3,(H2,13,14,15,16,17,18). The highest BCUT2D eigenvalue weighted by atomic mass is 32.2. The molecule has 0 bridgehead atoms. The van der Waals surface area contributed by atoms with Gasteiger partial charge in [-0.1, -0.05) is 18.7 Å². The Hall–Kier alpha value is -2.16. The minimum absolute atomic E-state index is 0.253. The normalized spacial score (nSPS) is 10.4. The summed E-state index contributed by atoms with van der Waals surface area (Å²) in [5.41, 5.74) is 0.253. The number of carbonyl (C=O) groups is 1. The lowest BCUT2D eigenvalue weighted by Gasteiger charge is -2.08. The van der Waals surface area contributed by atoms with E-state index in [9.17, 15) is 4.79 Å². The second kappa shape index (κ2) is 7.02. The molecule has 2 rings (SSSR count). The van der Waals surface area contributed by atoms with E-state index in [1.165, 1.54) is 18.0 Å². The number of esters is 1. The zero-order valence-electron chi connectivity index (χ0n) is 12.0. The second-order valence-corrected chi connectivity index (χ2v) is 5.16. The second-order valence-electron chi connectivity index (χ2n) is 3.92. The minimum atomic E-state index is -0.484. The number of ether oxygens (including phenoxy) is 1. The highest BCUT2D eigenvalue weighted by molar-refractivity contribution is 7.99. The van der Waals surface area contributed by atoms with Gasteiger partial charge in [0.2, 0.25) is 11.1 Å². The van der Waals surface area contributed by atoms with Gasteiger partial charge in [0.1, 0.15) is 11.4 Å². The number of thioether (sulfide) groups is 1. The van der Waals surface area contributed by atoms with Crippen molar-refractivity contribution in [2.45, 2.75) is 25.9 Å². The van der Waals surface area contributed by atoms with Crippen molar-refractivity contribution in [2.24, 2.45) is 0 Å². The molecule has 0 amide bonds. The van der Waals surface area contributed by atoms with Gasteiger partial charge in [-0.25, -0.2) is 19.9 Å². The molecule has 0 aromatic carbocycles. The lowest BCUT2D eigenvalue weighted by molar-refractivity contribution is 0.0526. The van der Waals surface area contributed by atoms with Gasteiger partial charge in [-0.05, 0) is 19.6 Å². The number of aromatic amines is 1. The topological polar surface area (TPSA) is 106 Å². The summed E-state index contributed by atoms with van der Waals surface area (Å²) in [4.78, 5) is 24.4. The van der Waals surface area contributed by atoms with Crippen LogP contribution in [0.15, 0.2) is 11.4 Å². The van der Waals surface area contributed by atoms with E-state index in [4.69, 9.17) is 4.74 Å². The lowest BCUT2D eigenvalue weighted by Crippen LogP contribution is -2.11. The first-order valence-electron chi connectivity index (χ1n) is 6.47. The van der Waals surface area contributed by atoms with Crippen molar-refractivity contribution in [3.63, 3.8) is 0 Å². The van der Waals surface area contributed by atoms with E-state index in [-0.39, 0.29) is 12.2 Å². The van der Waals surface area contributed by atoms with Crippen LogP contribution in [0.2, 0.25) is 0 Å². The largest absolute Gasteiger partial charge is 0.462 e. The maximum absolute atomic E-state index is 11.9. The molecule has 0 aliphatic rings. The molecule has 0 spiro atoms. The maximum atomic E-state index is 11.9. The van der Waals surface area contributed by atoms with Gasteiger partial charge in [0, 0.05) is 6.20 Å². The van der Waals surface area contributed by atoms with Crippen LogP contribution in [-0.2, 0) is 4.74 Å². The van der Waals surface area contributed by atoms with Gasteiger partial charge < -0.3 is 10.1 Å². The number of anilines is 2. The average molecular weight is 308 g/mol. The van der Waals surface area contributed by atoms with Crippen molar-refractivity contribution in [1.82, 2.24) is 25.1 Å². The van der Waals surface area contributed by atoms with E-state index < -0.39 is 5.97 Å². The molecule has 112 valence electrons. The monoisotopic (exact) mass is 308 g/mol. The summed E-state index contributed by atoms with van der Waals surface area (Å²) in [6.45, 7) is 5.77. The van der Waals surface area contributed by atoms with Crippen LogP contribution in [0.5, 0.6) is 0 Å². The first-order valence-corrected chi connectivity index (χ1v) is 7.45. The van der Waals surface area contributed by atoms with Gasteiger partial charge in [0.15, 0.2) is 5.82 Å². The third-order valence-electron chi connectivity index (χ3n) is 2.38. The highest BCUT2D eigenvalue weighted by Gasteiger charge is 2.16. The molecule has 2 aromatic heterocycles. The Morgan fingerprint density at radius 2 is 2.24 bits per heavy atom. The van der Waals surface area contributed by atoms with Crippen LogP contribution in [0.3, 0.4) is 0 Å². The molecule has 2 heterocycles. The van der Waals surface area contributed by atoms with Gasteiger partial charge in [0.05, 0.1) is 6.61 Å². The molecule has 8 nitrogen and oxygen atoms in total. The third kappa shape index (κ3) is 3.91. The molecule has 9 heteroatoms. The van der Waals surface area contributed by atoms with Crippen molar-refractivity contribution < 1.29 is 9.53 Å². The summed E-state index contributed by atoms with van der Waals surface area (Å²) in [6, 6.07) is 0. The number of aryl methyl sites for hydroxylation is 1. The summed E-state index contributed by atoms with van der Waals surface area (Å²) in [5, 5.41) is 10.4. The predicted molar refractivity (Wildman–Crippen MR) is 78.8 cm³/mol. The molecule has 21 heavy (non-hydrogen) atoms. The summed E-state index contributed by atoms with van der Waals surface area (Å²) in [5.74, 6) is 1.67. The molecule has 0 saturated heterocycles. The Morgan fingerprint density at radius 1 is 1.43 bits per heavy atom. The van der Waals surface area contributed by atoms with Crippen molar-refractivity contribution in [3.8, 4) is 0 Å². The Balaban J connectivity index is 2.24. The zero-order chi connectivity index (χ0) is 15.2. The molecule has 0 aliphatic carbocycles. The van der Waals surface area contributed by atoms with E-state index in [1.54, 1.807) is 13.8 Å². The Labute approximate surface area is 126 Å². The number of carbonyl (C=O) groups excluding carboxylic acids is 1.